The Kier molecular flexibility index (Phi) is 6.22. The molecule has 1 aromatic heterocycles. The lowest BCUT2D eigenvalue weighted by Crippen LogP contribution is -2.25. The molecular weight excluding hydrogens is 360 g/mol. The Morgan fingerprint density at radius 2 is 1.72 bits per heavy atom. The minimum absolute atomic E-state index is 0.0283. The van der Waals surface area contributed by atoms with E-state index in [4.69, 9.17) is 9.47 Å². The third-order valence-corrected chi connectivity index (χ3v) is 5.23. The number of imidazole rings is 1. The van der Waals surface area contributed by atoms with Gasteiger partial charge in [-0.2, -0.15) is 0 Å². The molecule has 0 N–H and O–H groups in total. The predicted octanol–water partition coefficient (Wildman–Crippen LogP) is 5.65. The molecule has 0 radical (unpaired) electrons. The Balaban J connectivity index is 1.41. The van der Waals surface area contributed by atoms with E-state index in [0.717, 1.165) is 17.6 Å². The summed E-state index contributed by atoms with van der Waals surface area (Å²) in [5.74, 6) is 0.922. The van der Waals surface area contributed by atoms with Crippen LogP contribution in [0, 0.1) is 0 Å². The largest absolute Gasteiger partial charge is 0.493 e. The summed E-state index contributed by atoms with van der Waals surface area (Å²) in [6, 6.07) is 24.9. The highest BCUT2D eigenvalue weighted by Crippen LogP contribution is 2.26. The van der Waals surface area contributed by atoms with E-state index >= 15 is 0 Å². The molecule has 0 saturated carbocycles. The van der Waals surface area contributed by atoms with Gasteiger partial charge in [-0.25, -0.2) is 4.98 Å². The molecule has 0 aliphatic carbocycles. The first-order valence-corrected chi connectivity index (χ1v) is 10.0. The summed E-state index contributed by atoms with van der Waals surface area (Å²) in [5, 5.41) is 2.33. The first kappa shape index (κ1) is 19.2. The fourth-order valence-electron chi connectivity index (χ4n) is 3.62. The number of ether oxygens (including phenoxy) is 2. The van der Waals surface area contributed by atoms with Crippen molar-refractivity contribution >= 4 is 10.8 Å². The lowest BCUT2D eigenvalue weighted by Gasteiger charge is -2.26. The average molecular weight is 386 g/mol. The summed E-state index contributed by atoms with van der Waals surface area (Å²) in [4.78, 5) is 4.22. The van der Waals surface area contributed by atoms with Gasteiger partial charge in [0.25, 0.3) is 0 Å². The maximum atomic E-state index is 6.18. The second-order valence-electron chi connectivity index (χ2n) is 7.19. The summed E-state index contributed by atoms with van der Waals surface area (Å²) in [7, 11) is 0. The van der Waals surface area contributed by atoms with Gasteiger partial charge >= 0.3 is 0 Å². The van der Waals surface area contributed by atoms with Crippen molar-refractivity contribution in [2.24, 2.45) is 0 Å². The van der Waals surface area contributed by atoms with Gasteiger partial charge in [-0.15, -0.1) is 0 Å². The Hall–Kier alpha value is -3.11. The van der Waals surface area contributed by atoms with Crippen molar-refractivity contribution in [2.45, 2.75) is 32.1 Å². The van der Waals surface area contributed by atoms with Crippen LogP contribution in [0.1, 0.15) is 24.9 Å². The normalized spacial score (nSPS) is 13.3. The van der Waals surface area contributed by atoms with Crippen LogP contribution < -0.4 is 4.74 Å². The molecule has 0 fully saturated rings. The van der Waals surface area contributed by atoms with Crippen LogP contribution in [-0.2, 0) is 11.3 Å². The highest BCUT2D eigenvalue weighted by molar-refractivity contribution is 5.88. The van der Waals surface area contributed by atoms with E-state index in [2.05, 4.69) is 46.8 Å². The quantitative estimate of drug-likeness (QED) is 0.373. The molecule has 2 atom stereocenters. The number of rotatable bonds is 9. The number of aromatic nitrogens is 2. The van der Waals surface area contributed by atoms with Crippen LogP contribution in [-0.4, -0.2) is 22.3 Å². The van der Waals surface area contributed by atoms with E-state index < -0.39 is 0 Å². The summed E-state index contributed by atoms with van der Waals surface area (Å²) in [6.07, 6.45) is 6.51. The van der Waals surface area contributed by atoms with Crippen molar-refractivity contribution in [2.75, 3.05) is 6.61 Å². The van der Waals surface area contributed by atoms with Crippen LogP contribution in [0.5, 0.6) is 5.75 Å². The second kappa shape index (κ2) is 9.39. The van der Waals surface area contributed by atoms with Crippen LogP contribution in [0.4, 0.5) is 0 Å². The molecule has 4 heteroatoms. The molecule has 0 spiro atoms. The van der Waals surface area contributed by atoms with Crippen molar-refractivity contribution in [1.82, 2.24) is 9.55 Å². The molecule has 29 heavy (non-hydrogen) atoms. The van der Waals surface area contributed by atoms with Gasteiger partial charge in [0.1, 0.15) is 5.75 Å². The van der Waals surface area contributed by atoms with Gasteiger partial charge in [0.15, 0.2) is 0 Å². The van der Waals surface area contributed by atoms with Gasteiger partial charge in [0.2, 0.25) is 0 Å². The van der Waals surface area contributed by atoms with Gasteiger partial charge in [-0.05, 0) is 23.9 Å². The number of fused-ring (bicyclic) bond motifs is 1. The summed E-state index contributed by atoms with van der Waals surface area (Å²) in [5.41, 5.74) is 1.18. The second-order valence-corrected chi connectivity index (χ2v) is 7.19. The molecule has 4 aromatic rings. The minimum atomic E-state index is 0.0283. The number of hydrogen-bond donors (Lipinski definition) is 0. The topological polar surface area (TPSA) is 36.3 Å². The molecule has 3 aromatic carbocycles. The highest BCUT2D eigenvalue weighted by Gasteiger charge is 2.20. The molecule has 0 aliphatic heterocycles. The van der Waals surface area contributed by atoms with Crippen molar-refractivity contribution in [3.05, 3.63) is 97.1 Å². The lowest BCUT2D eigenvalue weighted by atomic mass is 10.1. The van der Waals surface area contributed by atoms with Crippen LogP contribution in [0.25, 0.3) is 10.8 Å². The van der Waals surface area contributed by atoms with Crippen LogP contribution >= 0.6 is 0 Å². The van der Waals surface area contributed by atoms with Crippen molar-refractivity contribution < 1.29 is 9.47 Å². The summed E-state index contributed by atoms with van der Waals surface area (Å²) < 4.78 is 14.5. The Labute approximate surface area is 171 Å². The zero-order valence-corrected chi connectivity index (χ0v) is 16.6. The molecule has 148 valence electrons. The molecule has 4 nitrogen and oxygen atoms in total. The van der Waals surface area contributed by atoms with Gasteiger partial charge in [-0.1, -0.05) is 66.7 Å². The lowest BCUT2D eigenvalue weighted by molar-refractivity contribution is 0.0113. The van der Waals surface area contributed by atoms with E-state index in [1.165, 1.54) is 10.9 Å². The van der Waals surface area contributed by atoms with Crippen LogP contribution in [0.3, 0.4) is 0 Å². The Morgan fingerprint density at radius 3 is 2.55 bits per heavy atom. The molecular formula is C25H26N2O2. The van der Waals surface area contributed by atoms with Crippen molar-refractivity contribution in [1.29, 1.82) is 0 Å². The maximum absolute atomic E-state index is 6.18. The van der Waals surface area contributed by atoms with Crippen LogP contribution in [0.2, 0.25) is 0 Å². The molecule has 0 amide bonds. The first-order valence-electron chi connectivity index (χ1n) is 10.0. The van der Waals surface area contributed by atoms with Gasteiger partial charge < -0.3 is 14.0 Å². The molecule has 0 saturated heterocycles. The van der Waals surface area contributed by atoms with E-state index in [9.17, 15) is 0 Å². The maximum Gasteiger partial charge on any atom is 0.127 e. The first-order chi connectivity index (χ1) is 14.3. The van der Waals surface area contributed by atoms with Crippen LogP contribution in [0.15, 0.2) is 91.5 Å². The third kappa shape index (κ3) is 4.84. The van der Waals surface area contributed by atoms with E-state index in [-0.39, 0.29) is 12.1 Å². The van der Waals surface area contributed by atoms with Gasteiger partial charge in [0, 0.05) is 24.2 Å². The van der Waals surface area contributed by atoms with Crippen molar-refractivity contribution in [3.63, 3.8) is 0 Å². The number of nitrogens with zero attached hydrogens (tertiary/aromatic N) is 2. The fourth-order valence-corrected chi connectivity index (χ4v) is 3.62. The third-order valence-electron chi connectivity index (χ3n) is 5.23. The average Bonchev–Trinajstić information content (AvgIpc) is 3.30. The SMILES string of the molecule is C[C@H](OCc1ccccc1)[C@@H](CCOc1cccc2ccccc12)n1ccnc1. The smallest absolute Gasteiger partial charge is 0.127 e. The number of benzene rings is 3. The standard InChI is InChI=1S/C25H26N2O2/c1-20(29-18-21-8-3-2-4-9-21)24(27-16-15-26-19-27)14-17-28-25-13-7-11-22-10-5-6-12-23(22)25/h2-13,15-16,19-20,24H,14,17-18H2,1H3/t20-,24+/m0/s1. The fraction of sp³-hybridized carbons (Fsp3) is 0.240. The van der Waals surface area contributed by atoms with E-state index in [1.807, 2.05) is 61.2 Å². The zero-order chi connectivity index (χ0) is 19.9. The Bertz CT molecular complexity index is 1010. The van der Waals surface area contributed by atoms with E-state index in [0.29, 0.717) is 13.2 Å². The molecule has 0 aliphatic rings. The molecule has 0 bridgehead atoms. The monoisotopic (exact) mass is 386 g/mol. The zero-order valence-electron chi connectivity index (χ0n) is 16.6. The molecule has 4 rings (SSSR count). The highest BCUT2D eigenvalue weighted by atomic mass is 16.5. The van der Waals surface area contributed by atoms with Gasteiger partial charge in [0.05, 0.1) is 31.7 Å². The summed E-state index contributed by atoms with van der Waals surface area (Å²) >= 11 is 0. The molecule has 0 unspecified atom stereocenters. The minimum Gasteiger partial charge on any atom is -0.493 e. The number of hydrogen-bond acceptors (Lipinski definition) is 3. The van der Waals surface area contributed by atoms with Gasteiger partial charge in [-0.3, -0.25) is 0 Å². The predicted molar refractivity (Wildman–Crippen MR) is 116 cm³/mol. The summed E-state index contributed by atoms with van der Waals surface area (Å²) in [6.45, 7) is 3.32. The Morgan fingerprint density at radius 1 is 0.931 bits per heavy atom. The van der Waals surface area contributed by atoms with E-state index in [1.54, 1.807) is 0 Å². The molecule has 1 heterocycles. The van der Waals surface area contributed by atoms with Crippen molar-refractivity contribution in [3.8, 4) is 5.75 Å².